The number of nitrogens with zero attached hydrogens (tertiary/aromatic N) is 1. The minimum absolute atomic E-state index is 0. The van der Waals surface area contributed by atoms with Crippen LogP contribution in [0.1, 0.15) is 13.8 Å². The second kappa shape index (κ2) is 2.99. The van der Waals surface area contributed by atoms with E-state index in [1.54, 1.807) is 0 Å². The molecule has 0 bridgehead atoms. The van der Waals surface area contributed by atoms with Gasteiger partial charge in [-0.15, -0.1) is 0 Å². The molecule has 7 heavy (non-hydrogen) atoms. The van der Waals surface area contributed by atoms with E-state index in [-0.39, 0.29) is 7.43 Å². The van der Waals surface area contributed by atoms with Gasteiger partial charge in [0.05, 0.1) is 0 Å². The molecule has 0 radical (unpaired) electrons. The standard InChI is InChI=1S/C4H8NO.CH4/c1-6-5-3-2-4-5;/h1-4H2;1H4/q-1;. The lowest BCUT2D eigenvalue weighted by Gasteiger charge is -2.32. The zero-order valence-electron chi connectivity index (χ0n) is 3.68. The van der Waals surface area contributed by atoms with Crippen molar-refractivity contribution in [3.8, 4) is 0 Å². The summed E-state index contributed by atoms with van der Waals surface area (Å²) in [4.78, 5) is 4.57. The fraction of sp³-hybridized carbons (Fsp3) is 0.800. The summed E-state index contributed by atoms with van der Waals surface area (Å²) < 4.78 is 0. The van der Waals surface area contributed by atoms with E-state index in [4.69, 9.17) is 0 Å². The van der Waals surface area contributed by atoms with Crippen LogP contribution in [0.2, 0.25) is 0 Å². The topological polar surface area (TPSA) is 12.5 Å². The largest absolute Gasteiger partial charge is 0.476 e. The second-order valence-electron chi connectivity index (χ2n) is 1.41. The van der Waals surface area contributed by atoms with Gasteiger partial charge in [-0.05, 0) is 6.42 Å². The molecule has 0 atom stereocenters. The van der Waals surface area contributed by atoms with Crippen LogP contribution < -0.4 is 0 Å². The summed E-state index contributed by atoms with van der Waals surface area (Å²) in [6.45, 7) is 2.12. The van der Waals surface area contributed by atoms with Gasteiger partial charge in [0, 0.05) is 13.1 Å². The van der Waals surface area contributed by atoms with Crippen LogP contribution in [-0.4, -0.2) is 18.2 Å². The van der Waals surface area contributed by atoms with Gasteiger partial charge in [0.2, 0.25) is 0 Å². The maximum Gasteiger partial charge on any atom is 0.0222 e. The molecule has 0 amide bonds. The molecule has 44 valence electrons. The average molecular weight is 102 g/mol. The molecule has 1 aliphatic rings. The SMILES string of the molecule is C.[CH2-]ON1CCC1. The predicted molar refractivity (Wildman–Crippen MR) is 29.4 cm³/mol. The smallest absolute Gasteiger partial charge is 0.0222 e. The molecule has 1 rings (SSSR count). The van der Waals surface area contributed by atoms with Crippen molar-refractivity contribution >= 4 is 0 Å². The quantitative estimate of drug-likeness (QED) is 0.459. The Hall–Kier alpha value is -0.0800. The van der Waals surface area contributed by atoms with E-state index in [1.165, 1.54) is 6.42 Å². The van der Waals surface area contributed by atoms with Crippen molar-refractivity contribution < 1.29 is 4.84 Å². The molecule has 0 spiro atoms. The van der Waals surface area contributed by atoms with Gasteiger partial charge in [-0.2, -0.15) is 0 Å². The van der Waals surface area contributed by atoms with Crippen molar-refractivity contribution in [1.29, 1.82) is 0 Å². The molecular weight excluding hydrogens is 90.1 g/mol. The zero-order valence-corrected chi connectivity index (χ0v) is 3.68. The molecule has 0 aliphatic carbocycles. The summed E-state index contributed by atoms with van der Waals surface area (Å²) in [7, 11) is 3.23. The van der Waals surface area contributed by atoms with Gasteiger partial charge in [-0.3, -0.25) is 0 Å². The maximum absolute atomic E-state index is 4.57. The number of rotatable bonds is 1. The molecule has 2 heteroatoms. The Morgan fingerprint density at radius 2 is 2.00 bits per heavy atom. The highest BCUT2D eigenvalue weighted by atomic mass is 16.7. The zero-order chi connectivity index (χ0) is 4.41. The van der Waals surface area contributed by atoms with Crippen molar-refractivity contribution in [2.45, 2.75) is 13.8 Å². The first-order chi connectivity index (χ1) is 2.93. The first-order valence-corrected chi connectivity index (χ1v) is 2.10. The van der Waals surface area contributed by atoms with Crippen LogP contribution in [0.15, 0.2) is 0 Å². The van der Waals surface area contributed by atoms with Crippen molar-refractivity contribution in [1.82, 2.24) is 5.06 Å². The van der Waals surface area contributed by atoms with E-state index in [1.807, 2.05) is 5.06 Å². The van der Waals surface area contributed by atoms with E-state index in [0.29, 0.717) is 0 Å². The van der Waals surface area contributed by atoms with E-state index >= 15 is 0 Å². The van der Waals surface area contributed by atoms with Crippen LogP contribution in [0.25, 0.3) is 0 Å². The first-order valence-electron chi connectivity index (χ1n) is 2.10. The van der Waals surface area contributed by atoms with Crippen LogP contribution in [0, 0.1) is 7.11 Å². The Kier molecular flexibility index (Phi) is 2.96. The Balaban J connectivity index is 0.000000360. The number of hydrogen-bond acceptors (Lipinski definition) is 2. The highest BCUT2D eigenvalue weighted by Crippen LogP contribution is 2.03. The number of hydroxylamine groups is 2. The van der Waals surface area contributed by atoms with E-state index in [9.17, 15) is 0 Å². The minimum Gasteiger partial charge on any atom is -0.476 e. The van der Waals surface area contributed by atoms with E-state index < -0.39 is 0 Å². The van der Waals surface area contributed by atoms with Crippen LogP contribution in [0.5, 0.6) is 0 Å². The highest BCUT2D eigenvalue weighted by molar-refractivity contribution is 4.57. The van der Waals surface area contributed by atoms with E-state index in [0.717, 1.165) is 13.1 Å². The Bertz CT molecular complexity index is 40.6. The molecule has 1 saturated heterocycles. The monoisotopic (exact) mass is 102 g/mol. The summed E-state index contributed by atoms with van der Waals surface area (Å²) in [6, 6.07) is 0. The van der Waals surface area contributed by atoms with Gasteiger partial charge in [-0.1, -0.05) is 7.43 Å². The van der Waals surface area contributed by atoms with Gasteiger partial charge < -0.3 is 4.84 Å². The first kappa shape index (κ1) is 6.92. The molecule has 0 N–H and O–H groups in total. The molecule has 0 aromatic carbocycles. The molecule has 1 fully saturated rings. The van der Waals surface area contributed by atoms with Gasteiger partial charge >= 0.3 is 0 Å². The molecule has 0 unspecified atom stereocenters. The van der Waals surface area contributed by atoms with E-state index in [2.05, 4.69) is 11.9 Å². The predicted octanol–water partition coefficient (Wildman–Crippen LogP) is 1.05. The Morgan fingerprint density at radius 1 is 1.43 bits per heavy atom. The lowest BCUT2D eigenvalue weighted by molar-refractivity contribution is -0.151. The van der Waals surface area contributed by atoms with Gasteiger partial charge in [0.1, 0.15) is 0 Å². The molecule has 1 heterocycles. The third-order valence-corrected chi connectivity index (χ3v) is 0.998. The highest BCUT2D eigenvalue weighted by Gasteiger charge is 2.08. The summed E-state index contributed by atoms with van der Waals surface area (Å²) >= 11 is 0. The maximum atomic E-state index is 4.57. The van der Waals surface area contributed by atoms with Crippen LogP contribution in [0.3, 0.4) is 0 Å². The third-order valence-electron chi connectivity index (χ3n) is 0.998. The second-order valence-corrected chi connectivity index (χ2v) is 1.41. The minimum atomic E-state index is 0. The number of hydrogen-bond donors (Lipinski definition) is 0. The molecule has 1 aliphatic heterocycles. The van der Waals surface area contributed by atoms with Gasteiger partial charge in [-0.25, -0.2) is 12.2 Å². The summed E-state index contributed by atoms with van der Waals surface area (Å²) in [5.41, 5.74) is 0. The summed E-state index contributed by atoms with van der Waals surface area (Å²) in [5, 5.41) is 1.82. The fourth-order valence-corrected chi connectivity index (χ4v) is 0.416. The third kappa shape index (κ3) is 1.45. The van der Waals surface area contributed by atoms with Crippen LogP contribution in [-0.2, 0) is 4.84 Å². The van der Waals surface area contributed by atoms with Crippen LogP contribution in [0.4, 0.5) is 0 Å². The lowest BCUT2D eigenvalue weighted by atomic mass is 10.3. The average Bonchev–Trinajstić information content (AvgIpc) is 1.31. The summed E-state index contributed by atoms with van der Waals surface area (Å²) in [5.74, 6) is 0. The van der Waals surface area contributed by atoms with Crippen molar-refractivity contribution in [2.75, 3.05) is 13.1 Å². The van der Waals surface area contributed by atoms with Gasteiger partial charge in [0.25, 0.3) is 0 Å². The molecule has 2 nitrogen and oxygen atoms in total. The van der Waals surface area contributed by atoms with Gasteiger partial charge in [0.15, 0.2) is 0 Å². The molecular formula is C5H12NO-. The summed E-state index contributed by atoms with van der Waals surface area (Å²) in [6.07, 6.45) is 1.26. The van der Waals surface area contributed by atoms with Crippen LogP contribution >= 0.6 is 0 Å². The fourth-order valence-electron chi connectivity index (χ4n) is 0.416. The Morgan fingerprint density at radius 3 is 2.00 bits per heavy atom. The molecule has 0 aromatic heterocycles. The molecule has 0 saturated carbocycles. The Labute approximate surface area is 45.0 Å². The lowest BCUT2D eigenvalue weighted by Crippen LogP contribution is -2.35. The van der Waals surface area contributed by atoms with Crippen molar-refractivity contribution in [3.05, 3.63) is 7.11 Å². The normalized spacial score (nSPS) is 20.1. The molecule has 0 aromatic rings. The van der Waals surface area contributed by atoms with Crippen molar-refractivity contribution in [3.63, 3.8) is 0 Å². The van der Waals surface area contributed by atoms with Crippen molar-refractivity contribution in [2.24, 2.45) is 0 Å².